The lowest BCUT2D eigenvalue weighted by molar-refractivity contribution is 0.356. The molecule has 6 rings (SSSR count). The van der Waals surface area contributed by atoms with E-state index in [1.54, 1.807) is 96.9 Å². The molecule has 0 saturated heterocycles. The first-order valence-electron chi connectivity index (χ1n) is 17.9. The third kappa shape index (κ3) is 11.4. The summed E-state index contributed by atoms with van der Waals surface area (Å²) in [5.41, 5.74) is 9.92. The van der Waals surface area contributed by atoms with Crippen LogP contribution in [0.5, 0.6) is 23.0 Å². The highest BCUT2D eigenvalue weighted by molar-refractivity contribution is 7.91. The number of hydrogen-bond donors (Lipinski definition) is 2. The van der Waals surface area contributed by atoms with Gasteiger partial charge in [-0.25, -0.2) is 36.8 Å². The third-order valence-electron chi connectivity index (χ3n) is 8.89. The highest BCUT2D eigenvalue weighted by Gasteiger charge is 2.18. The molecule has 3 N–H and O–H groups in total. The van der Waals surface area contributed by atoms with Crippen LogP contribution in [0.2, 0.25) is 5.15 Å². The molecule has 20 heteroatoms. The van der Waals surface area contributed by atoms with E-state index in [-0.39, 0.29) is 33.7 Å². The fraction of sp³-hybridized carbons (Fsp3) is 0.300. The minimum atomic E-state index is -3.35. The number of hydrogen-bond acceptors (Lipinski definition) is 16. The van der Waals surface area contributed by atoms with E-state index in [9.17, 15) is 16.8 Å². The molecule has 0 amide bonds. The molecule has 0 unspecified atom stereocenters. The van der Waals surface area contributed by atoms with Gasteiger partial charge in [0.15, 0.2) is 42.7 Å². The second-order valence-corrected chi connectivity index (χ2v) is 17.9. The minimum Gasteiger partial charge on any atom is -0.493 e. The van der Waals surface area contributed by atoms with Crippen molar-refractivity contribution in [2.24, 2.45) is 0 Å². The SMILES string of the molecule is CCS(=O)(=O)c1ccc(N(C)C)c(N)c1.CCS(=O)(=O)c1ccc(N(C)C)c(Nc2ncnc3cc(OC)c(OC)cc23)c1.COc1cc2ncnc(Cl)c2cc1OC.Cl. The van der Waals surface area contributed by atoms with Gasteiger partial charge < -0.3 is 39.8 Å². The maximum Gasteiger partial charge on any atom is 0.178 e. The number of rotatable bonds is 12. The number of sulfone groups is 2. The number of halogens is 2. The summed E-state index contributed by atoms with van der Waals surface area (Å²) in [6, 6.07) is 16.9. The number of nitrogens with two attached hydrogens (primary N) is 1. The van der Waals surface area contributed by atoms with Gasteiger partial charge in [0.1, 0.15) is 23.6 Å². The Morgan fingerprint density at radius 3 is 1.52 bits per heavy atom. The van der Waals surface area contributed by atoms with E-state index < -0.39 is 19.7 Å². The summed E-state index contributed by atoms with van der Waals surface area (Å²) in [7, 11) is 7.26. The summed E-state index contributed by atoms with van der Waals surface area (Å²) in [5, 5.41) is 5.14. The molecule has 0 aliphatic carbocycles. The predicted molar refractivity (Wildman–Crippen MR) is 242 cm³/mol. The largest absolute Gasteiger partial charge is 0.493 e. The molecule has 0 bridgehead atoms. The van der Waals surface area contributed by atoms with Gasteiger partial charge in [-0.3, -0.25) is 0 Å². The third-order valence-corrected chi connectivity index (χ3v) is 12.7. The van der Waals surface area contributed by atoms with E-state index in [4.69, 9.17) is 36.3 Å². The quantitative estimate of drug-likeness (QED) is 0.0929. The highest BCUT2D eigenvalue weighted by atomic mass is 35.5. The topological polar surface area (TPSA) is 201 Å². The lowest BCUT2D eigenvalue weighted by Gasteiger charge is -2.20. The second-order valence-electron chi connectivity index (χ2n) is 13.0. The normalized spacial score (nSPS) is 10.9. The number of anilines is 5. The fourth-order valence-corrected chi connectivity index (χ4v) is 7.64. The molecule has 0 aliphatic rings. The van der Waals surface area contributed by atoms with Crippen LogP contribution in [0.1, 0.15) is 13.8 Å². The van der Waals surface area contributed by atoms with E-state index in [2.05, 4.69) is 25.3 Å². The lowest BCUT2D eigenvalue weighted by atomic mass is 10.2. The smallest absolute Gasteiger partial charge is 0.178 e. The molecule has 0 radical (unpaired) electrons. The van der Waals surface area contributed by atoms with Crippen LogP contribution < -0.4 is 39.8 Å². The maximum atomic E-state index is 12.4. The van der Waals surface area contributed by atoms with Gasteiger partial charge in [-0.2, -0.15) is 0 Å². The van der Waals surface area contributed by atoms with Crippen molar-refractivity contribution in [1.82, 2.24) is 19.9 Å². The van der Waals surface area contributed by atoms with E-state index in [0.717, 1.165) is 27.7 Å². The molecule has 16 nitrogen and oxygen atoms in total. The summed E-state index contributed by atoms with van der Waals surface area (Å²) >= 11 is 5.93. The fourth-order valence-electron chi connectivity index (χ4n) is 5.63. The van der Waals surface area contributed by atoms with Crippen molar-refractivity contribution in [1.29, 1.82) is 0 Å². The standard InChI is InChI=1S/C20H24N4O4S.C10H9ClN2O2.C10H16N2O2S.ClH/c1-6-29(25,26)13-7-8-17(24(2)3)16(9-13)23-20-14-10-18(27-4)19(28-5)11-15(14)21-12-22-20;1-14-8-3-6-7(4-9(8)15-2)12-5-13-10(6)11;1-4-15(13,14)8-5-6-10(12(2)3)9(11)7-8;/h7-12H,6H2,1-5H3,(H,21,22,23);3-5H,1-2H3;5-7H,4,11H2,1-3H3;1H. The number of benzene rings is 4. The van der Waals surface area contributed by atoms with Gasteiger partial charge in [0.05, 0.1) is 83.5 Å². The van der Waals surface area contributed by atoms with E-state index in [0.29, 0.717) is 50.9 Å². The molecule has 0 saturated carbocycles. The summed E-state index contributed by atoms with van der Waals surface area (Å²) in [4.78, 5) is 20.9. The van der Waals surface area contributed by atoms with Gasteiger partial charge in [-0.1, -0.05) is 25.4 Å². The van der Waals surface area contributed by atoms with Gasteiger partial charge in [0.2, 0.25) is 0 Å². The zero-order valence-corrected chi connectivity index (χ0v) is 38.2. The zero-order chi connectivity index (χ0) is 43.7. The van der Waals surface area contributed by atoms with Crippen LogP contribution in [0.15, 0.2) is 83.1 Å². The first kappa shape index (κ1) is 48.8. The van der Waals surface area contributed by atoms with Gasteiger partial charge in [0, 0.05) is 51.1 Å². The van der Waals surface area contributed by atoms with Crippen LogP contribution >= 0.6 is 24.0 Å². The Balaban J connectivity index is 0.000000262. The van der Waals surface area contributed by atoms with Crippen molar-refractivity contribution in [3.05, 3.63) is 78.5 Å². The van der Waals surface area contributed by atoms with Crippen LogP contribution in [0.3, 0.4) is 0 Å². The Bertz CT molecular complexity index is 2650. The number of fused-ring (bicyclic) bond motifs is 2. The van der Waals surface area contributed by atoms with Crippen LogP contribution in [-0.4, -0.2) is 105 Å². The van der Waals surface area contributed by atoms with E-state index in [1.165, 1.54) is 18.7 Å². The summed E-state index contributed by atoms with van der Waals surface area (Å²) in [6.45, 7) is 3.24. The van der Waals surface area contributed by atoms with Crippen LogP contribution in [0, 0.1) is 0 Å². The summed E-state index contributed by atoms with van der Waals surface area (Å²) in [6.07, 6.45) is 2.86. The highest BCUT2D eigenvalue weighted by Crippen LogP contribution is 2.37. The van der Waals surface area contributed by atoms with Gasteiger partial charge in [-0.15, -0.1) is 12.4 Å². The average Bonchev–Trinajstić information content (AvgIpc) is 3.23. The molecule has 0 aliphatic heterocycles. The molecular formula is C40H50Cl2N8O8S2. The molecule has 0 fully saturated rings. The van der Waals surface area contributed by atoms with Crippen molar-refractivity contribution in [2.45, 2.75) is 23.6 Å². The van der Waals surface area contributed by atoms with Crippen molar-refractivity contribution in [2.75, 3.05) is 89.0 Å². The number of aromatic nitrogens is 4. The Hall–Kier alpha value is -5.56. The molecule has 0 spiro atoms. The van der Waals surface area contributed by atoms with E-state index in [1.807, 2.05) is 38.0 Å². The predicted octanol–water partition coefficient (Wildman–Crippen LogP) is 7.10. The number of nitrogens with one attached hydrogen (secondary N) is 1. The molecule has 2 heterocycles. The molecule has 2 aromatic heterocycles. The van der Waals surface area contributed by atoms with Gasteiger partial charge >= 0.3 is 0 Å². The second kappa shape index (κ2) is 21.1. The molecule has 324 valence electrons. The van der Waals surface area contributed by atoms with Crippen LogP contribution in [0.25, 0.3) is 21.8 Å². The van der Waals surface area contributed by atoms with E-state index >= 15 is 0 Å². The van der Waals surface area contributed by atoms with Crippen molar-refractivity contribution >= 4 is 94.1 Å². The van der Waals surface area contributed by atoms with Crippen LogP contribution in [0.4, 0.5) is 28.6 Å². The number of nitrogen functional groups attached to an aromatic ring is 1. The first-order valence-corrected chi connectivity index (χ1v) is 21.6. The maximum absolute atomic E-state index is 12.4. The van der Waals surface area contributed by atoms with Crippen LogP contribution in [-0.2, 0) is 19.7 Å². The molecule has 60 heavy (non-hydrogen) atoms. The van der Waals surface area contributed by atoms with Crippen molar-refractivity contribution < 1.29 is 35.8 Å². The average molecular weight is 906 g/mol. The summed E-state index contributed by atoms with van der Waals surface area (Å²) < 4.78 is 68.9. The number of ether oxygens (including phenoxy) is 4. The first-order chi connectivity index (χ1) is 27.9. The van der Waals surface area contributed by atoms with Gasteiger partial charge in [-0.05, 0) is 48.5 Å². The van der Waals surface area contributed by atoms with Crippen molar-refractivity contribution in [3.8, 4) is 23.0 Å². The molecule has 0 atom stereocenters. The Labute approximate surface area is 362 Å². The molecule has 4 aromatic carbocycles. The summed E-state index contributed by atoms with van der Waals surface area (Å²) in [5.74, 6) is 3.00. The van der Waals surface area contributed by atoms with Gasteiger partial charge in [0.25, 0.3) is 0 Å². The number of nitrogens with zero attached hydrogens (tertiary/aromatic N) is 6. The zero-order valence-electron chi connectivity index (χ0n) is 35.0. The Morgan fingerprint density at radius 1 is 0.617 bits per heavy atom. The monoisotopic (exact) mass is 904 g/mol. The minimum absolute atomic E-state index is 0. The van der Waals surface area contributed by atoms with Crippen molar-refractivity contribution in [3.63, 3.8) is 0 Å². The molecule has 6 aromatic rings. The molecular weight excluding hydrogens is 856 g/mol. The Morgan fingerprint density at radius 2 is 1.05 bits per heavy atom. The lowest BCUT2D eigenvalue weighted by Crippen LogP contribution is -2.13. The Kier molecular flexibility index (Phi) is 17.2. The number of methoxy groups -OCH3 is 4.